The van der Waals surface area contributed by atoms with Crippen molar-refractivity contribution in [2.75, 3.05) is 53.6 Å². The van der Waals surface area contributed by atoms with E-state index in [1.807, 2.05) is 29.2 Å². The quantitative estimate of drug-likeness (QED) is 0.565. The molecule has 0 atom stereocenters. The Kier molecular flexibility index (Phi) is 7.01. The second-order valence-corrected chi connectivity index (χ2v) is 7.23. The van der Waals surface area contributed by atoms with Crippen molar-refractivity contribution < 1.29 is 19.1 Å². The summed E-state index contributed by atoms with van der Waals surface area (Å²) in [7, 11) is 3.47. The summed E-state index contributed by atoms with van der Waals surface area (Å²) < 4.78 is 10.4. The van der Waals surface area contributed by atoms with Crippen LogP contribution in [0.5, 0.6) is 0 Å². The third-order valence-corrected chi connectivity index (χ3v) is 5.16. The third kappa shape index (κ3) is 5.30. The third-order valence-electron chi connectivity index (χ3n) is 5.16. The van der Waals surface area contributed by atoms with Gasteiger partial charge in [-0.15, -0.1) is 0 Å². The number of ether oxygens (including phenoxy) is 2. The molecule has 0 saturated carbocycles. The van der Waals surface area contributed by atoms with Crippen molar-refractivity contribution in [1.29, 1.82) is 0 Å². The number of methoxy groups -OCH3 is 1. The van der Waals surface area contributed by atoms with Gasteiger partial charge in [0.05, 0.1) is 19.3 Å². The van der Waals surface area contributed by atoms with Gasteiger partial charge in [-0.3, -0.25) is 4.79 Å². The van der Waals surface area contributed by atoms with Crippen molar-refractivity contribution in [3.05, 3.63) is 47.5 Å². The van der Waals surface area contributed by atoms with E-state index in [1.54, 1.807) is 6.07 Å². The summed E-state index contributed by atoms with van der Waals surface area (Å²) in [6.07, 6.45) is 1.75. The Morgan fingerprint density at radius 2 is 1.79 bits per heavy atom. The van der Waals surface area contributed by atoms with Crippen molar-refractivity contribution in [2.24, 2.45) is 0 Å². The molecule has 0 spiro atoms. The Balaban J connectivity index is 1.48. The van der Waals surface area contributed by atoms with Crippen LogP contribution in [-0.2, 0) is 20.7 Å². The fourth-order valence-corrected chi connectivity index (χ4v) is 3.43. The predicted octanol–water partition coefficient (Wildman–Crippen LogP) is 2.35. The molecule has 1 saturated heterocycles. The number of carbonyl (C=O) groups excluding carboxylic acids is 2. The van der Waals surface area contributed by atoms with Crippen LogP contribution in [-0.4, -0.2) is 75.2 Å². The van der Waals surface area contributed by atoms with E-state index in [1.165, 1.54) is 7.11 Å². The van der Waals surface area contributed by atoms with Gasteiger partial charge in [0, 0.05) is 19.6 Å². The van der Waals surface area contributed by atoms with Gasteiger partial charge in [-0.2, -0.15) is 0 Å². The van der Waals surface area contributed by atoms with Gasteiger partial charge >= 0.3 is 5.97 Å². The summed E-state index contributed by atoms with van der Waals surface area (Å²) in [5.74, 6) is -0.260. The Morgan fingerprint density at radius 3 is 2.61 bits per heavy atom. The molecule has 28 heavy (non-hydrogen) atoms. The zero-order valence-electron chi connectivity index (χ0n) is 16.6. The van der Waals surface area contributed by atoms with Crippen LogP contribution in [0, 0.1) is 0 Å². The van der Waals surface area contributed by atoms with Crippen molar-refractivity contribution in [2.45, 2.75) is 12.8 Å². The lowest BCUT2D eigenvalue weighted by molar-refractivity contribution is -0.136. The van der Waals surface area contributed by atoms with Crippen molar-refractivity contribution in [3.8, 4) is 0 Å². The number of nitrogens with zero attached hydrogens (tertiary/aromatic N) is 2. The average molecular weight is 384 g/mol. The van der Waals surface area contributed by atoms with E-state index < -0.39 is 0 Å². The number of carbonyl (C=O) groups is 2. The fourth-order valence-electron chi connectivity index (χ4n) is 3.43. The summed E-state index contributed by atoms with van der Waals surface area (Å²) in [6, 6.07) is 11.6. The minimum atomic E-state index is -0.333. The summed E-state index contributed by atoms with van der Waals surface area (Å²) in [5, 5.41) is 2.06. The Labute approximate surface area is 166 Å². The Morgan fingerprint density at radius 1 is 1.00 bits per heavy atom. The summed E-state index contributed by atoms with van der Waals surface area (Å²) >= 11 is 0. The number of amides is 1. The number of hydrogen-bond acceptors (Lipinski definition) is 5. The SMILES string of the molecule is COC(=O)c1ccc2cc(CCOCC(=O)N3CCCN(C)CC3)ccc2c1. The molecule has 3 rings (SSSR count). The number of likely N-dealkylation sites (N-methyl/N-ethyl adjacent to an activating group) is 1. The van der Waals surface area contributed by atoms with Gasteiger partial charge in [0.25, 0.3) is 0 Å². The molecule has 6 nitrogen and oxygen atoms in total. The number of fused-ring (bicyclic) bond motifs is 1. The zero-order chi connectivity index (χ0) is 19.9. The molecule has 1 aliphatic rings. The number of rotatable bonds is 6. The largest absolute Gasteiger partial charge is 0.465 e. The first-order chi connectivity index (χ1) is 13.6. The Bertz CT molecular complexity index is 836. The van der Waals surface area contributed by atoms with Crippen LogP contribution in [0.2, 0.25) is 0 Å². The van der Waals surface area contributed by atoms with Gasteiger partial charge < -0.3 is 19.3 Å². The molecule has 0 aliphatic carbocycles. The molecular weight excluding hydrogens is 356 g/mol. The highest BCUT2D eigenvalue weighted by atomic mass is 16.5. The highest BCUT2D eigenvalue weighted by Gasteiger charge is 2.17. The lowest BCUT2D eigenvalue weighted by Gasteiger charge is -2.20. The molecule has 1 amide bonds. The van der Waals surface area contributed by atoms with Crippen LogP contribution in [0.25, 0.3) is 10.8 Å². The van der Waals surface area contributed by atoms with E-state index in [4.69, 9.17) is 9.47 Å². The minimum absolute atomic E-state index is 0.0733. The summed E-state index contributed by atoms with van der Waals surface area (Å²) in [6.45, 7) is 4.18. The second-order valence-electron chi connectivity index (χ2n) is 7.23. The second kappa shape index (κ2) is 9.66. The molecule has 6 heteroatoms. The first kappa shape index (κ1) is 20.3. The lowest BCUT2D eigenvalue weighted by Crippen LogP contribution is -2.37. The molecule has 0 N–H and O–H groups in total. The molecule has 0 aromatic heterocycles. The predicted molar refractivity (Wildman–Crippen MR) is 109 cm³/mol. The van der Waals surface area contributed by atoms with Crippen molar-refractivity contribution >= 4 is 22.6 Å². The maximum absolute atomic E-state index is 12.3. The van der Waals surface area contributed by atoms with Gasteiger partial charge in [0.15, 0.2) is 0 Å². The minimum Gasteiger partial charge on any atom is -0.465 e. The van der Waals surface area contributed by atoms with E-state index in [2.05, 4.69) is 18.0 Å². The van der Waals surface area contributed by atoms with Crippen LogP contribution in [0.15, 0.2) is 36.4 Å². The first-order valence-corrected chi connectivity index (χ1v) is 9.72. The van der Waals surface area contributed by atoms with E-state index in [9.17, 15) is 9.59 Å². The highest BCUT2D eigenvalue weighted by Crippen LogP contribution is 2.19. The first-order valence-electron chi connectivity index (χ1n) is 9.72. The van der Waals surface area contributed by atoms with Crippen LogP contribution < -0.4 is 0 Å². The average Bonchev–Trinajstić information content (AvgIpc) is 2.94. The van der Waals surface area contributed by atoms with E-state index >= 15 is 0 Å². The van der Waals surface area contributed by atoms with Gasteiger partial charge in [-0.05, 0) is 54.9 Å². The summed E-state index contributed by atoms with van der Waals surface area (Å²) in [5.41, 5.74) is 1.69. The van der Waals surface area contributed by atoms with E-state index in [0.29, 0.717) is 12.2 Å². The molecule has 1 aliphatic heterocycles. The topological polar surface area (TPSA) is 59.1 Å². The normalized spacial score (nSPS) is 15.4. The number of esters is 1. The standard InChI is InChI=1S/C22H28N2O4/c1-23-9-3-10-24(12-11-23)21(25)16-28-13-8-17-4-5-19-15-20(22(26)27-2)7-6-18(19)14-17/h4-7,14-15H,3,8-13,16H2,1-2H3. The molecule has 1 heterocycles. The lowest BCUT2D eigenvalue weighted by atomic mass is 10.0. The molecule has 2 aromatic carbocycles. The molecule has 0 radical (unpaired) electrons. The van der Waals surface area contributed by atoms with Crippen molar-refractivity contribution in [1.82, 2.24) is 9.80 Å². The van der Waals surface area contributed by atoms with Gasteiger partial charge in [0.2, 0.25) is 5.91 Å². The van der Waals surface area contributed by atoms with Crippen molar-refractivity contribution in [3.63, 3.8) is 0 Å². The van der Waals surface area contributed by atoms with Crippen LogP contribution in [0.4, 0.5) is 0 Å². The van der Waals surface area contributed by atoms with Crippen LogP contribution in [0.1, 0.15) is 22.3 Å². The van der Waals surface area contributed by atoms with Crippen LogP contribution >= 0.6 is 0 Å². The fraction of sp³-hybridized carbons (Fsp3) is 0.455. The highest BCUT2D eigenvalue weighted by molar-refractivity contribution is 5.95. The molecule has 2 aromatic rings. The van der Waals surface area contributed by atoms with Crippen LogP contribution in [0.3, 0.4) is 0 Å². The van der Waals surface area contributed by atoms with Gasteiger partial charge in [0.1, 0.15) is 6.61 Å². The van der Waals surface area contributed by atoms with E-state index in [0.717, 1.165) is 55.4 Å². The maximum atomic E-state index is 12.3. The number of benzene rings is 2. The smallest absolute Gasteiger partial charge is 0.337 e. The molecule has 1 fully saturated rings. The molecule has 0 bridgehead atoms. The molecule has 150 valence electrons. The number of hydrogen-bond donors (Lipinski definition) is 0. The molecular formula is C22H28N2O4. The molecule has 0 unspecified atom stereocenters. The van der Waals surface area contributed by atoms with E-state index in [-0.39, 0.29) is 18.5 Å². The monoisotopic (exact) mass is 384 g/mol. The van der Waals surface area contributed by atoms with Gasteiger partial charge in [-0.1, -0.05) is 24.3 Å². The summed E-state index contributed by atoms with van der Waals surface area (Å²) in [4.78, 5) is 28.1. The Hall–Kier alpha value is -2.44. The van der Waals surface area contributed by atoms with Gasteiger partial charge in [-0.25, -0.2) is 4.79 Å². The zero-order valence-corrected chi connectivity index (χ0v) is 16.6. The maximum Gasteiger partial charge on any atom is 0.337 e.